The molecular weight excluding hydrogens is 354 g/mol. The van der Waals surface area contributed by atoms with E-state index in [1.54, 1.807) is 13.0 Å². The fourth-order valence-corrected chi connectivity index (χ4v) is 3.14. The minimum atomic E-state index is -1.16. The molecule has 2 heterocycles. The molecule has 7 heteroatoms. The van der Waals surface area contributed by atoms with Crippen LogP contribution in [0.2, 0.25) is 0 Å². The highest BCUT2D eigenvalue weighted by Crippen LogP contribution is 2.23. The van der Waals surface area contributed by atoms with E-state index in [4.69, 9.17) is 4.42 Å². The minimum Gasteiger partial charge on any atom is -0.463 e. The van der Waals surface area contributed by atoms with Crippen molar-refractivity contribution in [3.05, 3.63) is 53.7 Å². The number of aryl methyl sites for hydroxylation is 2. The Morgan fingerprint density at radius 3 is 2.71 bits per heavy atom. The Bertz CT molecular complexity index is 955. The summed E-state index contributed by atoms with van der Waals surface area (Å²) in [6, 6.07) is 11.8. The summed E-state index contributed by atoms with van der Waals surface area (Å²) in [5.41, 5.74) is 0.971. The third-order valence-corrected chi connectivity index (χ3v) is 4.63. The van der Waals surface area contributed by atoms with E-state index >= 15 is 0 Å². The average molecular weight is 383 g/mol. The van der Waals surface area contributed by atoms with E-state index in [-0.39, 0.29) is 6.54 Å². The fraction of sp³-hybridized carbons (Fsp3) is 0.429. The van der Waals surface area contributed by atoms with Gasteiger partial charge in [0.05, 0.1) is 17.6 Å². The van der Waals surface area contributed by atoms with Crippen LogP contribution in [0.4, 0.5) is 0 Å². The molecule has 0 saturated carbocycles. The molecule has 0 radical (unpaired) electrons. The van der Waals surface area contributed by atoms with Gasteiger partial charge in [0, 0.05) is 19.6 Å². The summed E-state index contributed by atoms with van der Waals surface area (Å²) >= 11 is 0. The Hall–Kier alpha value is -2.80. The van der Waals surface area contributed by atoms with Crippen LogP contribution in [0.25, 0.3) is 11.0 Å². The summed E-state index contributed by atoms with van der Waals surface area (Å²) < 4.78 is 7.74. The maximum atomic E-state index is 10.7. The Labute approximate surface area is 165 Å². The number of imidazole rings is 1. The molecule has 2 aromatic heterocycles. The van der Waals surface area contributed by atoms with Crippen molar-refractivity contribution in [3.63, 3.8) is 0 Å². The first-order chi connectivity index (χ1) is 13.4. The van der Waals surface area contributed by atoms with E-state index in [1.165, 1.54) is 0 Å². The predicted octanol–water partition coefficient (Wildman–Crippen LogP) is 2.71. The lowest BCUT2D eigenvalue weighted by Crippen LogP contribution is -2.40. The molecule has 3 aromatic rings. The number of fused-ring (bicyclic) bond motifs is 1. The highest BCUT2D eigenvalue weighted by Gasteiger charge is 2.26. The molecule has 0 saturated heterocycles. The number of rotatable bonds is 7. The first-order valence-corrected chi connectivity index (χ1v) is 9.64. The van der Waals surface area contributed by atoms with Crippen LogP contribution < -0.4 is 10.6 Å². The van der Waals surface area contributed by atoms with Gasteiger partial charge in [-0.15, -0.1) is 0 Å². The number of hydrogen-bond acceptors (Lipinski definition) is 4. The maximum Gasteiger partial charge on any atom is 0.191 e. The molecule has 0 spiro atoms. The number of furan rings is 1. The van der Waals surface area contributed by atoms with Crippen molar-refractivity contribution < 1.29 is 9.52 Å². The van der Waals surface area contributed by atoms with Gasteiger partial charge in [0.25, 0.3) is 0 Å². The average Bonchev–Trinajstić information content (AvgIpc) is 3.23. The van der Waals surface area contributed by atoms with Gasteiger partial charge in [-0.3, -0.25) is 0 Å². The summed E-state index contributed by atoms with van der Waals surface area (Å²) in [7, 11) is 0. The largest absolute Gasteiger partial charge is 0.463 e. The van der Waals surface area contributed by atoms with Crippen LogP contribution in [0.5, 0.6) is 0 Å². The number of nitrogens with zero attached hydrogens (tertiary/aromatic N) is 3. The monoisotopic (exact) mass is 383 g/mol. The van der Waals surface area contributed by atoms with E-state index in [0.29, 0.717) is 18.3 Å². The summed E-state index contributed by atoms with van der Waals surface area (Å²) in [6.45, 7) is 9.99. The molecule has 3 N–H and O–H groups in total. The molecule has 28 heavy (non-hydrogen) atoms. The van der Waals surface area contributed by atoms with E-state index in [0.717, 1.165) is 35.7 Å². The highest BCUT2D eigenvalue weighted by atomic mass is 16.4. The molecule has 150 valence electrons. The predicted molar refractivity (Wildman–Crippen MR) is 111 cm³/mol. The summed E-state index contributed by atoms with van der Waals surface area (Å²) in [6.07, 6.45) is 0. The van der Waals surface area contributed by atoms with Gasteiger partial charge >= 0.3 is 0 Å². The number of aromatic nitrogens is 2. The van der Waals surface area contributed by atoms with Crippen LogP contribution in [-0.2, 0) is 12.1 Å². The van der Waals surface area contributed by atoms with Crippen molar-refractivity contribution in [2.45, 2.75) is 39.8 Å². The molecular formula is C21H29N5O2. The van der Waals surface area contributed by atoms with Crippen molar-refractivity contribution in [1.82, 2.24) is 20.2 Å². The Morgan fingerprint density at radius 1 is 1.21 bits per heavy atom. The first kappa shape index (κ1) is 19.9. The van der Waals surface area contributed by atoms with Gasteiger partial charge in [0.15, 0.2) is 5.96 Å². The van der Waals surface area contributed by atoms with Crippen LogP contribution in [-0.4, -0.2) is 40.3 Å². The summed E-state index contributed by atoms with van der Waals surface area (Å²) in [5, 5.41) is 17.2. The second-order valence-electron chi connectivity index (χ2n) is 7.11. The van der Waals surface area contributed by atoms with Gasteiger partial charge in [-0.2, -0.15) is 0 Å². The van der Waals surface area contributed by atoms with Gasteiger partial charge in [-0.05, 0) is 52.0 Å². The maximum absolute atomic E-state index is 10.7. The first-order valence-electron chi connectivity index (χ1n) is 9.64. The Kier molecular flexibility index (Phi) is 6.04. The van der Waals surface area contributed by atoms with Gasteiger partial charge in [0.2, 0.25) is 0 Å². The molecule has 0 amide bonds. The molecule has 0 fully saturated rings. The lowest BCUT2D eigenvalue weighted by Gasteiger charge is -2.20. The van der Waals surface area contributed by atoms with Crippen molar-refractivity contribution in [1.29, 1.82) is 0 Å². The van der Waals surface area contributed by atoms with Crippen molar-refractivity contribution in [2.75, 3.05) is 19.6 Å². The molecule has 3 rings (SSSR count). The Balaban J connectivity index is 1.64. The van der Waals surface area contributed by atoms with Crippen molar-refractivity contribution in [3.8, 4) is 0 Å². The van der Waals surface area contributed by atoms with Crippen LogP contribution in [0, 0.1) is 13.8 Å². The topological polar surface area (TPSA) is 87.6 Å². The third kappa shape index (κ3) is 4.54. The number of para-hydroxylation sites is 2. The normalized spacial score (nSPS) is 14.2. The van der Waals surface area contributed by atoms with E-state index < -0.39 is 5.60 Å². The van der Waals surface area contributed by atoms with Gasteiger partial charge in [0.1, 0.15) is 22.9 Å². The molecule has 0 aliphatic carbocycles. The third-order valence-electron chi connectivity index (χ3n) is 4.63. The standard InChI is InChI=1S/C21H29N5O2/c1-5-22-20(24-14-21(4,27)19-11-10-15(2)28-19)23-12-13-26-16(3)25-17-8-6-7-9-18(17)26/h6-11,27H,5,12-14H2,1-4H3,(H2,22,23,24). The molecule has 1 atom stereocenters. The van der Waals surface area contributed by atoms with Crippen LogP contribution in [0.1, 0.15) is 31.2 Å². The molecule has 1 unspecified atom stereocenters. The highest BCUT2D eigenvalue weighted by molar-refractivity contribution is 5.80. The fourth-order valence-electron chi connectivity index (χ4n) is 3.14. The van der Waals surface area contributed by atoms with Crippen molar-refractivity contribution in [2.24, 2.45) is 4.99 Å². The van der Waals surface area contributed by atoms with Gasteiger partial charge < -0.3 is 24.7 Å². The quantitative estimate of drug-likeness (QED) is 0.431. The number of benzene rings is 1. The molecule has 1 aromatic carbocycles. The molecule has 0 bridgehead atoms. The van der Waals surface area contributed by atoms with Crippen LogP contribution in [0.3, 0.4) is 0 Å². The van der Waals surface area contributed by atoms with E-state index in [9.17, 15) is 5.11 Å². The van der Waals surface area contributed by atoms with Gasteiger partial charge in [-0.25, -0.2) is 9.98 Å². The summed E-state index contributed by atoms with van der Waals surface area (Å²) in [5.74, 6) is 2.94. The Morgan fingerprint density at radius 2 is 2.00 bits per heavy atom. The van der Waals surface area contributed by atoms with Gasteiger partial charge in [-0.1, -0.05) is 12.1 Å². The van der Waals surface area contributed by atoms with Crippen LogP contribution >= 0.6 is 0 Å². The smallest absolute Gasteiger partial charge is 0.191 e. The SMILES string of the molecule is CCNC(=NCC(C)(O)c1ccc(C)o1)NCCn1c(C)nc2ccccc21. The van der Waals surface area contributed by atoms with Crippen LogP contribution in [0.15, 0.2) is 45.8 Å². The number of aliphatic hydroxyl groups is 1. The van der Waals surface area contributed by atoms with E-state index in [1.807, 2.05) is 45.0 Å². The number of hydrogen-bond donors (Lipinski definition) is 3. The minimum absolute atomic E-state index is 0.197. The zero-order chi connectivity index (χ0) is 20.1. The molecule has 7 nitrogen and oxygen atoms in total. The molecule has 0 aliphatic rings. The summed E-state index contributed by atoms with van der Waals surface area (Å²) in [4.78, 5) is 9.13. The van der Waals surface area contributed by atoms with Crippen molar-refractivity contribution >= 4 is 17.0 Å². The van der Waals surface area contributed by atoms with E-state index in [2.05, 4.69) is 31.2 Å². The second-order valence-corrected chi connectivity index (χ2v) is 7.11. The zero-order valence-electron chi connectivity index (χ0n) is 17.0. The molecule has 0 aliphatic heterocycles. The number of aliphatic imine (C=N–C) groups is 1. The lowest BCUT2D eigenvalue weighted by atomic mass is 10.0. The number of guanidine groups is 1. The second kappa shape index (κ2) is 8.48. The lowest BCUT2D eigenvalue weighted by molar-refractivity contribution is 0.0428. The number of nitrogens with one attached hydrogen (secondary N) is 2. The zero-order valence-corrected chi connectivity index (χ0v) is 17.0.